The number of aryl methyl sites for hydroxylation is 1. The molecule has 0 saturated heterocycles. The minimum atomic E-state index is 0.0602. The van der Waals surface area contributed by atoms with Crippen LogP contribution in [0.15, 0.2) is 29.7 Å². The van der Waals surface area contributed by atoms with Crippen molar-refractivity contribution < 1.29 is 0 Å². The van der Waals surface area contributed by atoms with Crippen LogP contribution in [0, 0.1) is 11.3 Å². The quantitative estimate of drug-likeness (QED) is 0.571. The van der Waals surface area contributed by atoms with E-state index in [4.69, 9.17) is 11.0 Å². The van der Waals surface area contributed by atoms with Crippen LogP contribution in [0.2, 0.25) is 0 Å². The van der Waals surface area contributed by atoms with Gasteiger partial charge in [-0.25, -0.2) is 9.97 Å². The number of nitrogen functional groups attached to an aromatic ring is 1. The van der Waals surface area contributed by atoms with Crippen molar-refractivity contribution in [2.24, 2.45) is 7.05 Å². The zero-order valence-electron chi connectivity index (χ0n) is 14.1. The molecule has 1 fully saturated rings. The summed E-state index contributed by atoms with van der Waals surface area (Å²) in [6, 6.07) is 5.67. The van der Waals surface area contributed by atoms with Gasteiger partial charge in [0.15, 0.2) is 5.16 Å². The van der Waals surface area contributed by atoms with Crippen molar-refractivity contribution in [3.63, 3.8) is 0 Å². The smallest absolute Gasteiger partial charge is 0.191 e. The lowest BCUT2D eigenvalue weighted by atomic mass is 10.1. The van der Waals surface area contributed by atoms with Crippen LogP contribution in [0.3, 0.4) is 0 Å². The average Bonchev–Trinajstić information content (AvgIpc) is 3.38. The van der Waals surface area contributed by atoms with Crippen molar-refractivity contribution in [2.45, 2.75) is 36.1 Å². The van der Waals surface area contributed by atoms with E-state index >= 15 is 0 Å². The number of anilines is 1. The van der Waals surface area contributed by atoms with Gasteiger partial charge in [-0.1, -0.05) is 11.8 Å². The SMILES string of the molecule is CC(Sc1nc(N)cc(C#N)n1)c1cc2c(C3CC3)cn(C)c2cn1. The molecule has 1 unspecified atom stereocenters. The first-order chi connectivity index (χ1) is 12.0. The highest BCUT2D eigenvalue weighted by molar-refractivity contribution is 7.99. The Bertz CT molecular complexity index is 999. The molecule has 7 heteroatoms. The van der Waals surface area contributed by atoms with Gasteiger partial charge >= 0.3 is 0 Å². The number of fused-ring (bicyclic) bond motifs is 1. The molecule has 3 heterocycles. The number of aromatic nitrogens is 4. The second-order valence-electron chi connectivity index (χ2n) is 6.43. The molecular formula is C18H18N6S. The number of hydrogen-bond donors (Lipinski definition) is 1. The minimum absolute atomic E-state index is 0.0602. The Morgan fingerprint density at radius 3 is 2.88 bits per heavy atom. The van der Waals surface area contributed by atoms with Crippen molar-refractivity contribution in [1.82, 2.24) is 19.5 Å². The van der Waals surface area contributed by atoms with Crippen molar-refractivity contribution >= 4 is 28.5 Å². The van der Waals surface area contributed by atoms with Gasteiger partial charge in [0.05, 0.1) is 22.7 Å². The van der Waals surface area contributed by atoms with Crippen LogP contribution in [-0.4, -0.2) is 19.5 Å². The molecule has 4 rings (SSSR count). The molecule has 0 bridgehead atoms. The summed E-state index contributed by atoms with van der Waals surface area (Å²) in [5.74, 6) is 1.00. The van der Waals surface area contributed by atoms with E-state index in [0.717, 1.165) is 11.2 Å². The molecular weight excluding hydrogens is 332 g/mol. The number of nitriles is 1. The van der Waals surface area contributed by atoms with Gasteiger partial charge in [-0.05, 0) is 37.3 Å². The third-order valence-corrected chi connectivity index (χ3v) is 5.47. The van der Waals surface area contributed by atoms with E-state index in [0.29, 0.717) is 16.9 Å². The fourth-order valence-corrected chi connectivity index (χ4v) is 3.91. The Morgan fingerprint density at radius 2 is 2.16 bits per heavy atom. The van der Waals surface area contributed by atoms with E-state index in [1.54, 1.807) is 0 Å². The summed E-state index contributed by atoms with van der Waals surface area (Å²) >= 11 is 1.46. The van der Waals surface area contributed by atoms with Gasteiger partial charge < -0.3 is 10.3 Å². The monoisotopic (exact) mass is 350 g/mol. The Balaban J connectivity index is 1.66. The first kappa shape index (κ1) is 15.9. The van der Waals surface area contributed by atoms with Crippen LogP contribution in [0.25, 0.3) is 10.9 Å². The third kappa shape index (κ3) is 3.05. The average molecular weight is 350 g/mol. The number of hydrogen-bond acceptors (Lipinski definition) is 6. The van der Waals surface area contributed by atoms with E-state index in [1.807, 2.05) is 12.3 Å². The van der Waals surface area contributed by atoms with Gasteiger partial charge in [0.1, 0.15) is 17.6 Å². The predicted octanol–water partition coefficient (Wildman–Crippen LogP) is 3.55. The predicted molar refractivity (Wildman–Crippen MR) is 98.1 cm³/mol. The summed E-state index contributed by atoms with van der Waals surface area (Å²) in [7, 11) is 2.07. The van der Waals surface area contributed by atoms with Crippen LogP contribution >= 0.6 is 11.8 Å². The van der Waals surface area contributed by atoms with Crippen LogP contribution in [0.5, 0.6) is 0 Å². The first-order valence-corrected chi connectivity index (χ1v) is 9.09. The zero-order valence-corrected chi connectivity index (χ0v) is 14.9. The maximum atomic E-state index is 9.03. The second-order valence-corrected chi connectivity index (χ2v) is 7.74. The standard InChI is InChI=1S/C18H18N6S/c1-10(25-18-22-12(7-19)5-17(20)23-18)15-6-13-14(11-3-4-11)9-24(2)16(13)8-21-15/h5-6,8-11H,3-4H2,1-2H3,(H2,20,22,23). The number of thioether (sulfide) groups is 1. The normalized spacial score (nSPS) is 15.2. The molecule has 1 atom stereocenters. The molecule has 1 saturated carbocycles. The molecule has 0 amide bonds. The van der Waals surface area contributed by atoms with E-state index in [-0.39, 0.29) is 10.9 Å². The summed E-state index contributed by atoms with van der Waals surface area (Å²) < 4.78 is 2.15. The molecule has 25 heavy (non-hydrogen) atoms. The number of pyridine rings is 1. The van der Waals surface area contributed by atoms with Crippen molar-refractivity contribution in [1.29, 1.82) is 5.26 Å². The molecule has 0 radical (unpaired) electrons. The summed E-state index contributed by atoms with van der Waals surface area (Å²) in [6.45, 7) is 2.07. The molecule has 3 aromatic heterocycles. The molecule has 2 N–H and O–H groups in total. The Labute approximate surface area is 150 Å². The Hall–Kier alpha value is -2.59. The van der Waals surface area contributed by atoms with Gasteiger partial charge in [-0.15, -0.1) is 0 Å². The lowest BCUT2D eigenvalue weighted by molar-refractivity contribution is 0.931. The molecule has 0 spiro atoms. The van der Waals surface area contributed by atoms with Crippen LogP contribution in [-0.2, 0) is 7.05 Å². The largest absolute Gasteiger partial charge is 0.384 e. The van der Waals surface area contributed by atoms with E-state index in [2.05, 4.69) is 45.8 Å². The lowest BCUT2D eigenvalue weighted by Crippen LogP contribution is -2.00. The van der Waals surface area contributed by atoms with Crippen molar-refractivity contribution in [3.05, 3.63) is 41.5 Å². The second kappa shape index (κ2) is 6.05. The maximum Gasteiger partial charge on any atom is 0.191 e. The zero-order chi connectivity index (χ0) is 17.6. The summed E-state index contributed by atoms with van der Waals surface area (Å²) in [6.07, 6.45) is 6.71. The summed E-state index contributed by atoms with van der Waals surface area (Å²) in [4.78, 5) is 13.1. The first-order valence-electron chi connectivity index (χ1n) is 8.21. The summed E-state index contributed by atoms with van der Waals surface area (Å²) in [5.41, 5.74) is 9.60. The molecule has 0 aromatic carbocycles. The van der Waals surface area contributed by atoms with E-state index in [1.165, 1.54) is 41.6 Å². The van der Waals surface area contributed by atoms with Gasteiger partial charge in [0.25, 0.3) is 0 Å². The van der Waals surface area contributed by atoms with E-state index < -0.39 is 0 Å². The highest BCUT2D eigenvalue weighted by Crippen LogP contribution is 2.44. The highest BCUT2D eigenvalue weighted by Gasteiger charge is 2.27. The van der Waals surface area contributed by atoms with Gasteiger partial charge in [0.2, 0.25) is 0 Å². The van der Waals surface area contributed by atoms with E-state index in [9.17, 15) is 0 Å². The molecule has 1 aliphatic rings. The van der Waals surface area contributed by atoms with Crippen LogP contribution < -0.4 is 5.73 Å². The third-order valence-electron chi connectivity index (χ3n) is 4.48. The number of nitrogens with zero attached hydrogens (tertiary/aromatic N) is 5. The minimum Gasteiger partial charge on any atom is -0.384 e. The Morgan fingerprint density at radius 1 is 1.36 bits per heavy atom. The summed E-state index contributed by atoms with van der Waals surface area (Å²) in [5, 5.41) is 10.9. The molecule has 3 aromatic rings. The molecule has 0 aliphatic heterocycles. The highest BCUT2D eigenvalue weighted by atomic mass is 32.2. The number of nitrogens with two attached hydrogens (primary N) is 1. The number of rotatable bonds is 4. The molecule has 6 nitrogen and oxygen atoms in total. The van der Waals surface area contributed by atoms with Gasteiger partial charge in [-0.2, -0.15) is 5.26 Å². The van der Waals surface area contributed by atoms with Gasteiger partial charge in [0, 0.05) is 24.7 Å². The topological polar surface area (TPSA) is 93.4 Å². The fraction of sp³-hybridized carbons (Fsp3) is 0.333. The van der Waals surface area contributed by atoms with Crippen LogP contribution in [0.1, 0.15) is 47.9 Å². The lowest BCUT2D eigenvalue weighted by Gasteiger charge is -2.11. The molecule has 126 valence electrons. The Kier molecular flexibility index (Phi) is 3.85. The van der Waals surface area contributed by atoms with Crippen LogP contribution in [0.4, 0.5) is 5.82 Å². The van der Waals surface area contributed by atoms with Crippen molar-refractivity contribution in [2.75, 3.05) is 5.73 Å². The van der Waals surface area contributed by atoms with Crippen molar-refractivity contribution in [3.8, 4) is 6.07 Å². The van der Waals surface area contributed by atoms with Gasteiger partial charge in [-0.3, -0.25) is 4.98 Å². The fourth-order valence-electron chi connectivity index (χ4n) is 3.04. The molecule has 1 aliphatic carbocycles. The maximum absolute atomic E-state index is 9.03.